The standard InChI is InChI=1S/C20H21BrN2O4S/c1-26-17-8-7-15(21)11-16(17)19-23(9-10-28-19)18(24)12-22-20(25)27-13-14-5-3-2-4-6-14/h2-8,11,19H,9-10,12-13H2,1H3,(H,22,25). The number of alkyl carbamates (subject to hydrolysis) is 1. The van der Waals surface area contributed by atoms with Gasteiger partial charge < -0.3 is 19.7 Å². The molecule has 0 aliphatic carbocycles. The zero-order valence-corrected chi connectivity index (χ0v) is 17.8. The van der Waals surface area contributed by atoms with Crippen LogP contribution in [0, 0.1) is 0 Å². The molecule has 28 heavy (non-hydrogen) atoms. The van der Waals surface area contributed by atoms with Crippen molar-refractivity contribution in [3.8, 4) is 5.75 Å². The van der Waals surface area contributed by atoms with Gasteiger partial charge >= 0.3 is 6.09 Å². The number of rotatable bonds is 6. The molecule has 0 aromatic heterocycles. The van der Waals surface area contributed by atoms with Crippen LogP contribution < -0.4 is 10.1 Å². The number of hydrogen-bond donors (Lipinski definition) is 1. The maximum Gasteiger partial charge on any atom is 0.407 e. The van der Waals surface area contributed by atoms with Crippen LogP contribution in [0.1, 0.15) is 16.5 Å². The summed E-state index contributed by atoms with van der Waals surface area (Å²) in [6.45, 7) is 0.671. The summed E-state index contributed by atoms with van der Waals surface area (Å²) in [5, 5.41) is 2.39. The minimum absolute atomic E-state index is 0.110. The van der Waals surface area contributed by atoms with E-state index in [0.29, 0.717) is 6.54 Å². The summed E-state index contributed by atoms with van der Waals surface area (Å²) >= 11 is 5.15. The third kappa shape index (κ3) is 5.20. The van der Waals surface area contributed by atoms with Gasteiger partial charge in [0.15, 0.2) is 0 Å². The van der Waals surface area contributed by atoms with Gasteiger partial charge in [-0.25, -0.2) is 4.79 Å². The molecule has 1 unspecified atom stereocenters. The molecule has 2 aromatic carbocycles. The van der Waals surface area contributed by atoms with Crippen LogP contribution >= 0.6 is 27.7 Å². The number of halogens is 1. The minimum Gasteiger partial charge on any atom is -0.496 e. The highest BCUT2D eigenvalue weighted by atomic mass is 79.9. The lowest BCUT2D eigenvalue weighted by atomic mass is 10.2. The molecule has 1 atom stereocenters. The molecule has 2 amide bonds. The predicted octanol–water partition coefficient (Wildman–Crippen LogP) is 3.96. The highest BCUT2D eigenvalue weighted by Crippen LogP contribution is 2.42. The average Bonchev–Trinajstić information content (AvgIpc) is 3.21. The number of thioether (sulfide) groups is 1. The molecule has 0 bridgehead atoms. The van der Waals surface area contributed by atoms with Gasteiger partial charge in [0.25, 0.3) is 0 Å². The molecule has 1 N–H and O–H groups in total. The Hall–Kier alpha value is -2.19. The molecular formula is C20H21BrN2O4S. The molecule has 148 valence electrons. The van der Waals surface area contributed by atoms with Gasteiger partial charge in [0.1, 0.15) is 24.3 Å². The van der Waals surface area contributed by atoms with E-state index >= 15 is 0 Å². The van der Waals surface area contributed by atoms with Gasteiger partial charge in [-0.3, -0.25) is 4.79 Å². The number of ether oxygens (including phenoxy) is 2. The molecule has 1 saturated heterocycles. The fourth-order valence-corrected chi connectivity index (χ4v) is 4.58. The Balaban J connectivity index is 1.56. The number of carbonyl (C=O) groups is 2. The quantitative estimate of drug-likeness (QED) is 0.700. The predicted molar refractivity (Wildman–Crippen MR) is 112 cm³/mol. The summed E-state index contributed by atoms with van der Waals surface area (Å²) in [4.78, 5) is 26.3. The lowest BCUT2D eigenvalue weighted by molar-refractivity contribution is -0.130. The highest BCUT2D eigenvalue weighted by molar-refractivity contribution is 9.10. The van der Waals surface area contributed by atoms with E-state index < -0.39 is 6.09 Å². The number of methoxy groups -OCH3 is 1. The van der Waals surface area contributed by atoms with Crippen LogP contribution in [0.3, 0.4) is 0 Å². The van der Waals surface area contributed by atoms with Gasteiger partial charge in [-0.1, -0.05) is 46.3 Å². The third-order valence-corrected chi connectivity index (χ3v) is 6.00. The Morgan fingerprint density at radius 2 is 2.04 bits per heavy atom. The monoisotopic (exact) mass is 464 g/mol. The van der Waals surface area contributed by atoms with Gasteiger partial charge in [0, 0.05) is 22.3 Å². The first-order valence-corrected chi connectivity index (χ1v) is 10.6. The van der Waals surface area contributed by atoms with Crippen molar-refractivity contribution in [3.63, 3.8) is 0 Å². The molecule has 2 aromatic rings. The molecule has 0 spiro atoms. The number of benzene rings is 2. The van der Waals surface area contributed by atoms with Crippen LogP contribution in [-0.2, 0) is 16.1 Å². The van der Waals surface area contributed by atoms with E-state index in [2.05, 4.69) is 21.2 Å². The molecule has 8 heteroatoms. The van der Waals surface area contributed by atoms with Crippen molar-refractivity contribution in [1.29, 1.82) is 0 Å². The van der Waals surface area contributed by atoms with Crippen LogP contribution in [0.4, 0.5) is 4.79 Å². The minimum atomic E-state index is -0.611. The summed E-state index contributed by atoms with van der Waals surface area (Å²) in [6, 6.07) is 15.1. The van der Waals surface area contributed by atoms with Gasteiger partial charge in [0.2, 0.25) is 5.91 Å². The highest BCUT2D eigenvalue weighted by Gasteiger charge is 2.32. The summed E-state index contributed by atoms with van der Waals surface area (Å²) < 4.78 is 11.5. The van der Waals surface area contributed by atoms with Crippen molar-refractivity contribution in [1.82, 2.24) is 10.2 Å². The molecular weight excluding hydrogens is 444 g/mol. The number of hydrogen-bond acceptors (Lipinski definition) is 5. The Kier molecular flexibility index (Phi) is 7.22. The second kappa shape index (κ2) is 9.84. The van der Waals surface area contributed by atoms with Crippen molar-refractivity contribution >= 4 is 39.7 Å². The van der Waals surface area contributed by atoms with E-state index in [-0.39, 0.29) is 24.4 Å². The van der Waals surface area contributed by atoms with Gasteiger partial charge in [-0.15, -0.1) is 11.8 Å². The van der Waals surface area contributed by atoms with Crippen LogP contribution in [0.25, 0.3) is 0 Å². The zero-order valence-electron chi connectivity index (χ0n) is 15.4. The van der Waals surface area contributed by atoms with E-state index in [1.807, 2.05) is 48.5 Å². The zero-order chi connectivity index (χ0) is 19.9. The smallest absolute Gasteiger partial charge is 0.407 e. The first-order valence-electron chi connectivity index (χ1n) is 8.77. The average molecular weight is 465 g/mol. The van der Waals surface area contributed by atoms with Crippen molar-refractivity contribution in [3.05, 3.63) is 64.1 Å². The maximum absolute atomic E-state index is 12.7. The van der Waals surface area contributed by atoms with E-state index in [1.54, 1.807) is 23.8 Å². The first-order chi connectivity index (χ1) is 13.6. The molecule has 1 fully saturated rings. The van der Waals surface area contributed by atoms with E-state index in [9.17, 15) is 9.59 Å². The van der Waals surface area contributed by atoms with Gasteiger partial charge in [-0.2, -0.15) is 0 Å². The maximum atomic E-state index is 12.7. The molecule has 3 rings (SSSR count). The van der Waals surface area contributed by atoms with E-state index in [0.717, 1.165) is 27.1 Å². The van der Waals surface area contributed by atoms with Crippen molar-refractivity contribution in [2.75, 3.05) is 26.0 Å². The summed E-state index contributed by atoms with van der Waals surface area (Å²) in [5.74, 6) is 1.40. The molecule has 1 aliphatic rings. The second-order valence-corrected chi connectivity index (χ2v) is 8.22. The van der Waals surface area contributed by atoms with Crippen LogP contribution in [0.15, 0.2) is 53.0 Å². The van der Waals surface area contributed by atoms with Crippen LogP contribution in [-0.4, -0.2) is 42.9 Å². The number of nitrogens with one attached hydrogen (secondary N) is 1. The molecule has 0 radical (unpaired) electrons. The fraction of sp³-hybridized carbons (Fsp3) is 0.300. The molecule has 6 nitrogen and oxygen atoms in total. The Labute approximate surface area is 176 Å². The van der Waals surface area contributed by atoms with Crippen LogP contribution in [0.5, 0.6) is 5.75 Å². The fourth-order valence-electron chi connectivity index (χ4n) is 2.90. The Morgan fingerprint density at radius 3 is 2.79 bits per heavy atom. The third-order valence-electron chi connectivity index (χ3n) is 4.27. The van der Waals surface area contributed by atoms with Crippen molar-refractivity contribution < 1.29 is 19.1 Å². The molecule has 1 heterocycles. The lowest BCUT2D eigenvalue weighted by Crippen LogP contribution is -2.40. The summed E-state index contributed by atoms with van der Waals surface area (Å²) in [7, 11) is 1.61. The Morgan fingerprint density at radius 1 is 1.25 bits per heavy atom. The first kappa shape index (κ1) is 20.5. The number of nitrogens with zero attached hydrogens (tertiary/aromatic N) is 1. The van der Waals surface area contributed by atoms with Gasteiger partial charge in [-0.05, 0) is 23.8 Å². The SMILES string of the molecule is COc1ccc(Br)cc1C1SCCN1C(=O)CNC(=O)OCc1ccccc1. The Bertz CT molecular complexity index is 834. The summed E-state index contributed by atoms with van der Waals surface area (Å²) in [5.41, 5.74) is 1.82. The summed E-state index contributed by atoms with van der Waals surface area (Å²) in [6.07, 6.45) is -0.611. The van der Waals surface area contributed by atoms with Crippen molar-refractivity contribution in [2.24, 2.45) is 0 Å². The van der Waals surface area contributed by atoms with Gasteiger partial charge in [0.05, 0.1) is 7.11 Å². The van der Waals surface area contributed by atoms with Crippen LogP contribution in [0.2, 0.25) is 0 Å². The molecule has 0 saturated carbocycles. The van der Waals surface area contributed by atoms with E-state index in [1.165, 1.54) is 0 Å². The largest absolute Gasteiger partial charge is 0.496 e. The second-order valence-electron chi connectivity index (χ2n) is 6.11. The van der Waals surface area contributed by atoms with E-state index in [4.69, 9.17) is 9.47 Å². The topological polar surface area (TPSA) is 67.9 Å². The number of amides is 2. The molecule has 1 aliphatic heterocycles. The number of carbonyl (C=O) groups excluding carboxylic acids is 2. The van der Waals surface area contributed by atoms with Crippen molar-refractivity contribution in [2.45, 2.75) is 12.0 Å². The lowest BCUT2D eigenvalue weighted by Gasteiger charge is -2.25. The normalized spacial score (nSPS) is 15.9.